The molecule has 1 fully saturated rings. The monoisotopic (exact) mass is 297 g/mol. The van der Waals surface area contributed by atoms with Crippen molar-refractivity contribution in [2.75, 3.05) is 6.54 Å². The number of likely N-dealkylation sites (tertiary alicyclic amines) is 1. The molecule has 0 aliphatic carbocycles. The summed E-state index contributed by atoms with van der Waals surface area (Å²) in [5.41, 5.74) is 3.29. The molecule has 1 atom stereocenters. The van der Waals surface area contributed by atoms with E-state index in [1.807, 2.05) is 4.90 Å². The Balaban J connectivity index is 1.73. The molecule has 2 nitrogen and oxygen atoms in total. The Kier molecular flexibility index (Phi) is 4.23. The van der Waals surface area contributed by atoms with Crippen molar-refractivity contribution < 1.29 is 9.18 Å². The van der Waals surface area contributed by atoms with Gasteiger partial charge in [0.05, 0.1) is 12.5 Å². The Morgan fingerprint density at radius 2 is 1.82 bits per heavy atom. The van der Waals surface area contributed by atoms with Crippen molar-refractivity contribution in [3.05, 3.63) is 71.0 Å². The number of halogens is 1. The van der Waals surface area contributed by atoms with Crippen molar-refractivity contribution in [1.29, 1.82) is 0 Å². The molecule has 114 valence electrons. The zero-order chi connectivity index (χ0) is 15.5. The third-order valence-corrected chi connectivity index (χ3v) is 4.30. The third kappa shape index (κ3) is 3.19. The van der Waals surface area contributed by atoms with E-state index < -0.39 is 0 Å². The van der Waals surface area contributed by atoms with Gasteiger partial charge < -0.3 is 4.90 Å². The number of hydrogen-bond donors (Lipinski definition) is 0. The van der Waals surface area contributed by atoms with Crippen molar-refractivity contribution in [3.63, 3.8) is 0 Å². The number of aryl methyl sites for hydroxylation is 1. The first-order valence-corrected chi connectivity index (χ1v) is 7.74. The lowest BCUT2D eigenvalue weighted by Crippen LogP contribution is -2.31. The van der Waals surface area contributed by atoms with Gasteiger partial charge in [0.2, 0.25) is 5.91 Å². The molecule has 1 aliphatic heterocycles. The summed E-state index contributed by atoms with van der Waals surface area (Å²) in [6.45, 7) is 2.87. The summed E-state index contributed by atoms with van der Waals surface area (Å²) in [6.07, 6.45) is 2.38. The Bertz CT molecular complexity index is 648. The number of carbonyl (C=O) groups excluding carboxylic acids is 1. The molecular formula is C19H20FNO. The molecule has 1 saturated heterocycles. The van der Waals surface area contributed by atoms with Crippen molar-refractivity contribution in [2.45, 2.75) is 32.2 Å². The van der Waals surface area contributed by atoms with Crippen LogP contribution in [0.4, 0.5) is 4.39 Å². The highest BCUT2D eigenvalue weighted by molar-refractivity contribution is 5.79. The summed E-state index contributed by atoms with van der Waals surface area (Å²) >= 11 is 0. The summed E-state index contributed by atoms with van der Waals surface area (Å²) in [5.74, 6) is -0.149. The summed E-state index contributed by atoms with van der Waals surface area (Å²) in [5, 5.41) is 0. The first-order valence-electron chi connectivity index (χ1n) is 7.74. The van der Waals surface area contributed by atoms with Crippen LogP contribution in [0.15, 0.2) is 48.5 Å². The minimum atomic E-state index is -0.269. The molecule has 1 amide bonds. The van der Waals surface area contributed by atoms with E-state index in [4.69, 9.17) is 0 Å². The summed E-state index contributed by atoms with van der Waals surface area (Å²) in [7, 11) is 0. The van der Waals surface area contributed by atoms with Gasteiger partial charge in [0, 0.05) is 6.54 Å². The van der Waals surface area contributed by atoms with Gasteiger partial charge in [-0.2, -0.15) is 0 Å². The second-order valence-electron chi connectivity index (χ2n) is 5.96. The predicted molar refractivity (Wildman–Crippen MR) is 85.0 cm³/mol. The van der Waals surface area contributed by atoms with E-state index in [1.54, 1.807) is 12.1 Å². The van der Waals surface area contributed by atoms with E-state index in [0.717, 1.165) is 24.9 Å². The van der Waals surface area contributed by atoms with E-state index >= 15 is 0 Å². The minimum absolute atomic E-state index is 0.120. The smallest absolute Gasteiger partial charge is 0.227 e. The molecule has 0 aromatic heterocycles. The average molecular weight is 297 g/mol. The standard InChI is InChI=1S/C19H20FNO/c1-14-4-8-16(9-5-14)18-3-2-12-21(18)19(22)13-15-6-10-17(20)11-7-15/h4-11,18H,2-3,12-13H2,1H3. The molecule has 2 aromatic rings. The van der Waals surface area contributed by atoms with E-state index in [0.29, 0.717) is 6.42 Å². The molecule has 3 rings (SSSR count). The van der Waals surface area contributed by atoms with Crippen molar-refractivity contribution in [2.24, 2.45) is 0 Å². The van der Waals surface area contributed by atoms with Crippen LogP contribution in [0, 0.1) is 12.7 Å². The quantitative estimate of drug-likeness (QED) is 0.837. The highest BCUT2D eigenvalue weighted by Gasteiger charge is 2.29. The second-order valence-corrected chi connectivity index (χ2v) is 5.96. The van der Waals surface area contributed by atoms with Crippen LogP contribution in [0.2, 0.25) is 0 Å². The highest BCUT2D eigenvalue weighted by atomic mass is 19.1. The van der Waals surface area contributed by atoms with Gasteiger partial charge in [0.1, 0.15) is 5.82 Å². The molecule has 0 saturated carbocycles. The van der Waals surface area contributed by atoms with Crippen LogP contribution >= 0.6 is 0 Å². The predicted octanol–water partition coefficient (Wildman–Crippen LogP) is 4.04. The summed E-state index contributed by atoms with van der Waals surface area (Å²) in [4.78, 5) is 14.5. The van der Waals surface area contributed by atoms with Crippen molar-refractivity contribution >= 4 is 5.91 Å². The van der Waals surface area contributed by atoms with Gasteiger partial charge in [-0.3, -0.25) is 4.79 Å². The largest absolute Gasteiger partial charge is 0.335 e. The fraction of sp³-hybridized carbons (Fsp3) is 0.316. The highest BCUT2D eigenvalue weighted by Crippen LogP contribution is 2.32. The zero-order valence-corrected chi connectivity index (χ0v) is 12.8. The van der Waals surface area contributed by atoms with Gasteiger partial charge in [0.25, 0.3) is 0 Å². The van der Waals surface area contributed by atoms with Gasteiger partial charge in [0.15, 0.2) is 0 Å². The number of benzene rings is 2. The first-order chi connectivity index (χ1) is 10.6. The van der Waals surface area contributed by atoms with Crippen LogP contribution in [-0.2, 0) is 11.2 Å². The van der Waals surface area contributed by atoms with Crippen LogP contribution in [0.25, 0.3) is 0 Å². The molecule has 1 unspecified atom stereocenters. The fourth-order valence-corrected chi connectivity index (χ4v) is 3.08. The molecular weight excluding hydrogens is 277 g/mol. The molecule has 3 heteroatoms. The summed E-state index contributed by atoms with van der Waals surface area (Å²) < 4.78 is 12.9. The third-order valence-electron chi connectivity index (χ3n) is 4.30. The van der Waals surface area contributed by atoms with Gasteiger partial charge in [-0.05, 0) is 43.0 Å². The van der Waals surface area contributed by atoms with Crippen molar-refractivity contribution in [3.8, 4) is 0 Å². The molecule has 22 heavy (non-hydrogen) atoms. The topological polar surface area (TPSA) is 20.3 Å². The number of rotatable bonds is 3. The molecule has 1 heterocycles. The molecule has 1 aliphatic rings. The van der Waals surface area contributed by atoms with Crippen LogP contribution < -0.4 is 0 Å². The lowest BCUT2D eigenvalue weighted by molar-refractivity contribution is -0.131. The lowest BCUT2D eigenvalue weighted by atomic mass is 10.0. The van der Waals surface area contributed by atoms with Gasteiger partial charge >= 0.3 is 0 Å². The Hall–Kier alpha value is -2.16. The summed E-state index contributed by atoms with van der Waals surface area (Å²) in [6, 6.07) is 14.8. The molecule has 0 spiro atoms. The van der Waals surface area contributed by atoms with Crippen LogP contribution in [0.1, 0.15) is 35.6 Å². The van der Waals surface area contributed by atoms with Gasteiger partial charge in [-0.1, -0.05) is 42.0 Å². The van der Waals surface area contributed by atoms with E-state index in [1.165, 1.54) is 23.3 Å². The molecule has 2 aromatic carbocycles. The Morgan fingerprint density at radius 1 is 1.14 bits per heavy atom. The SMILES string of the molecule is Cc1ccc(C2CCCN2C(=O)Cc2ccc(F)cc2)cc1. The van der Waals surface area contributed by atoms with Gasteiger partial charge in [-0.25, -0.2) is 4.39 Å². The average Bonchev–Trinajstić information content (AvgIpc) is 3.00. The number of hydrogen-bond acceptors (Lipinski definition) is 1. The maximum Gasteiger partial charge on any atom is 0.227 e. The van der Waals surface area contributed by atoms with Crippen LogP contribution in [-0.4, -0.2) is 17.4 Å². The van der Waals surface area contributed by atoms with Gasteiger partial charge in [-0.15, -0.1) is 0 Å². The zero-order valence-electron chi connectivity index (χ0n) is 12.8. The molecule has 0 N–H and O–H groups in total. The molecule has 0 radical (unpaired) electrons. The maximum atomic E-state index is 12.9. The van der Waals surface area contributed by atoms with E-state index in [9.17, 15) is 9.18 Å². The lowest BCUT2D eigenvalue weighted by Gasteiger charge is -2.25. The van der Waals surface area contributed by atoms with E-state index in [-0.39, 0.29) is 17.8 Å². The Morgan fingerprint density at radius 3 is 2.50 bits per heavy atom. The number of nitrogens with zero attached hydrogens (tertiary/aromatic N) is 1. The van der Waals surface area contributed by atoms with Crippen LogP contribution in [0.3, 0.4) is 0 Å². The van der Waals surface area contributed by atoms with Crippen LogP contribution in [0.5, 0.6) is 0 Å². The van der Waals surface area contributed by atoms with E-state index in [2.05, 4.69) is 31.2 Å². The first kappa shape index (κ1) is 14.8. The van der Waals surface area contributed by atoms with Crippen molar-refractivity contribution in [1.82, 2.24) is 4.90 Å². The Labute approximate surface area is 130 Å². The minimum Gasteiger partial charge on any atom is -0.335 e. The maximum absolute atomic E-state index is 12.9. The number of carbonyl (C=O) groups is 1. The number of amides is 1. The normalized spacial score (nSPS) is 17.7. The fourth-order valence-electron chi connectivity index (χ4n) is 3.08. The molecule has 0 bridgehead atoms. The second kappa shape index (κ2) is 6.30.